The lowest BCUT2D eigenvalue weighted by Crippen LogP contribution is -2.14. The molecule has 32 heavy (non-hydrogen) atoms. The van der Waals surface area contributed by atoms with Crippen LogP contribution < -0.4 is 19.5 Å². The van der Waals surface area contributed by atoms with Gasteiger partial charge in [-0.2, -0.15) is 14.0 Å². The van der Waals surface area contributed by atoms with Gasteiger partial charge in [0.15, 0.2) is 11.5 Å². The highest BCUT2D eigenvalue weighted by molar-refractivity contribution is 6.05. The second-order valence-corrected chi connectivity index (χ2v) is 6.62. The molecule has 8 heteroatoms. The van der Waals surface area contributed by atoms with Crippen molar-refractivity contribution in [3.8, 4) is 23.3 Å². The van der Waals surface area contributed by atoms with Gasteiger partial charge in [-0.05, 0) is 42.0 Å². The van der Waals surface area contributed by atoms with Crippen LogP contribution in [0.2, 0.25) is 0 Å². The third-order valence-electron chi connectivity index (χ3n) is 4.51. The molecule has 0 saturated heterocycles. The lowest BCUT2D eigenvalue weighted by molar-refractivity contribution is -0.0512. The van der Waals surface area contributed by atoms with E-state index in [0.717, 1.165) is 11.1 Å². The Bertz CT molecular complexity index is 1110. The van der Waals surface area contributed by atoms with Crippen LogP contribution in [0.3, 0.4) is 0 Å². The fraction of sp³-hybridized carbons (Fsp3) is 0.167. The quantitative estimate of drug-likeness (QED) is 0.497. The number of nitrogens with one attached hydrogen (secondary N) is 1. The number of para-hydroxylation sites is 1. The van der Waals surface area contributed by atoms with Crippen molar-refractivity contribution in [3.05, 3.63) is 83.4 Å². The summed E-state index contributed by atoms with van der Waals surface area (Å²) in [5.41, 5.74) is 2.40. The van der Waals surface area contributed by atoms with E-state index >= 15 is 0 Å². The second-order valence-electron chi connectivity index (χ2n) is 6.62. The molecular weight excluding hydrogens is 418 g/mol. The first kappa shape index (κ1) is 22.6. The van der Waals surface area contributed by atoms with E-state index in [1.54, 1.807) is 24.3 Å². The van der Waals surface area contributed by atoms with Gasteiger partial charge in [0.25, 0.3) is 5.91 Å². The number of amides is 1. The summed E-state index contributed by atoms with van der Waals surface area (Å²) in [6, 6.07) is 20.4. The molecule has 0 spiro atoms. The number of hydrogen-bond acceptors (Lipinski definition) is 5. The SMILES string of the molecule is COc1cc(C(=O)Nc2ccccc2COc2ccc(CC#N)cc2)ccc1OC(F)F. The molecule has 3 aromatic rings. The Morgan fingerprint density at radius 3 is 2.50 bits per heavy atom. The van der Waals surface area contributed by atoms with Gasteiger partial charge in [-0.1, -0.05) is 30.3 Å². The monoisotopic (exact) mass is 438 g/mol. The van der Waals surface area contributed by atoms with E-state index in [0.29, 0.717) is 17.9 Å². The van der Waals surface area contributed by atoms with E-state index in [-0.39, 0.29) is 23.7 Å². The number of carbonyl (C=O) groups is 1. The fourth-order valence-corrected chi connectivity index (χ4v) is 2.92. The zero-order valence-corrected chi connectivity index (χ0v) is 17.2. The van der Waals surface area contributed by atoms with E-state index in [1.165, 1.54) is 25.3 Å². The highest BCUT2D eigenvalue weighted by Crippen LogP contribution is 2.30. The maximum atomic E-state index is 12.7. The van der Waals surface area contributed by atoms with Crippen LogP contribution >= 0.6 is 0 Å². The molecule has 0 aliphatic heterocycles. The van der Waals surface area contributed by atoms with Gasteiger partial charge >= 0.3 is 6.61 Å². The molecule has 164 valence electrons. The summed E-state index contributed by atoms with van der Waals surface area (Å²) in [5, 5.41) is 11.5. The molecule has 0 aliphatic rings. The molecular formula is C24H20F2N2O4. The van der Waals surface area contributed by atoms with Crippen LogP contribution in [-0.2, 0) is 13.0 Å². The van der Waals surface area contributed by atoms with Crippen LogP contribution in [-0.4, -0.2) is 19.6 Å². The van der Waals surface area contributed by atoms with Crippen LogP contribution in [0.25, 0.3) is 0 Å². The van der Waals surface area contributed by atoms with Crippen LogP contribution in [0, 0.1) is 11.3 Å². The average Bonchev–Trinajstić information content (AvgIpc) is 2.79. The molecule has 0 fully saturated rings. The van der Waals surface area contributed by atoms with Gasteiger partial charge in [-0.3, -0.25) is 4.79 Å². The molecule has 0 unspecified atom stereocenters. The molecule has 1 amide bonds. The zero-order valence-electron chi connectivity index (χ0n) is 17.2. The highest BCUT2D eigenvalue weighted by Gasteiger charge is 2.15. The van der Waals surface area contributed by atoms with Crippen molar-refractivity contribution in [2.75, 3.05) is 12.4 Å². The smallest absolute Gasteiger partial charge is 0.387 e. The molecule has 0 bridgehead atoms. The standard InChI is InChI=1S/C24H20F2N2O4/c1-30-22-14-17(8-11-21(22)32-24(25)26)23(29)28-20-5-3-2-4-18(20)15-31-19-9-6-16(7-10-19)12-13-27/h2-11,14,24H,12,15H2,1H3,(H,28,29). The van der Waals surface area contributed by atoms with Gasteiger partial charge in [0.2, 0.25) is 0 Å². The van der Waals surface area contributed by atoms with Gasteiger partial charge in [0.1, 0.15) is 12.4 Å². The van der Waals surface area contributed by atoms with Crippen LogP contribution in [0.1, 0.15) is 21.5 Å². The first-order chi connectivity index (χ1) is 15.5. The van der Waals surface area contributed by atoms with Gasteiger partial charge in [0, 0.05) is 16.8 Å². The largest absolute Gasteiger partial charge is 0.493 e. The minimum absolute atomic E-state index is 0.0226. The van der Waals surface area contributed by atoms with Gasteiger partial charge in [-0.25, -0.2) is 0 Å². The molecule has 0 heterocycles. The fourth-order valence-electron chi connectivity index (χ4n) is 2.92. The number of halogens is 2. The Morgan fingerprint density at radius 2 is 1.81 bits per heavy atom. The summed E-state index contributed by atoms with van der Waals surface area (Å²) in [5.74, 6) is 0.0513. The normalized spacial score (nSPS) is 10.3. The number of carbonyl (C=O) groups excluding carboxylic acids is 1. The third-order valence-corrected chi connectivity index (χ3v) is 4.51. The second kappa shape index (κ2) is 10.8. The number of nitriles is 1. The lowest BCUT2D eigenvalue weighted by Gasteiger charge is -2.14. The minimum Gasteiger partial charge on any atom is -0.493 e. The Hall–Kier alpha value is -4.12. The summed E-state index contributed by atoms with van der Waals surface area (Å²) in [6.07, 6.45) is 0.329. The number of methoxy groups -OCH3 is 1. The maximum absolute atomic E-state index is 12.7. The lowest BCUT2D eigenvalue weighted by atomic mass is 10.1. The van der Waals surface area contributed by atoms with Crippen molar-refractivity contribution in [1.29, 1.82) is 5.26 Å². The number of nitrogens with zero attached hydrogens (tertiary/aromatic N) is 1. The Kier molecular flexibility index (Phi) is 7.60. The van der Waals surface area contributed by atoms with Gasteiger partial charge < -0.3 is 19.5 Å². The van der Waals surface area contributed by atoms with Crippen LogP contribution in [0.4, 0.5) is 14.5 Å². The number of ether oxygens (including phenoxy) is 3. The first-order valence-corrected chi connectivity index (χ1v) is 9.61. The number of hydrogen-bond donors (Lipinski definition) is 1. The van der Waals surface area contributed by atoms with Crippen molar-refractivity contribution >= 4 is 11.6 Å². The van der Waals surface area contributed by atoms with E-state index in [1.807, 2.05) is 24.3 Å². The molecule has 1 N–H and O–H groups in total. The number of benzene rings is 3. The summed E-state index contributed by atoms with van der Waals surface area (Å²) in [6.45, 7) is -2.79. The molecule has 0 radical (unpaired) electrons. The summed E-state index contributed by atoms with van der Waals surface area (Å²) < 4.78 is 40.2. The predicted octanol–water partition coefficient (Wildman–Crippen LogP) is 5.19. The van der Waals surface area contributed by atoms with E-state index in [4.69, 9.17) is 14.7 Å². The molecule has 0 aromatic heterocycles. The minimum atomic E-state index is -3.00. The average molecular weight is 438 g/mol. The molecule has 6 nitrogen and oxygen atoms in total. The molecule has 3 rings (SSSR count). The number of anilines is 1. The van der Waals surface area contributed by atoms with E-state index in [2.05, 4.69) is 16.1 Å². The highest BCUT2D eigenvalue weighted by atomic mass is 19.3. The number of rotatable bonds is 9. The van der Waals surface area contributed by atoms with E-state index < -0.39 is 12.5 Å². The van der Waals surface area contributed by atoms with Crippen LogP contribution in [0.15, 0.2) is 66.7 Å². The molecule has 3 aromatic carbocycles. The number of alkyl halides is 2. The molecule has 0 saturated carbocycles. The molecule has 0 atom stereocenters. The topological polar surface area (TPSA) is 80.6 Å². The Morgan fingerprint density at radius 1 is 1.06 bits per heavy atom. The summed E-state index contributed by atoms with van der Waals surface area (Å²) in [7, 11) is 1.30. The van der Waals surface area contributed by atoms with E-state index in [9.17, 15) is 13.6 Å². The predicted molar refractivity (Wildman–Crippen MR) is 114 cm³/mol. The Labute approximate surface area is 184 Å². The zero-order chi connectivity index (χ0) is 22.9. The van der Waals surface area contributed by atoms with Crippen molar-refractivity contribution < 1.29 is 27.8 Å². The first-order valence-electron chi connectivity index (χ1n) is 9.61. The van der Waals surface area contributed by atoms with Crippen molar-refractivity contribution in [3.63, 3.8) is 0 Å². The van der Waals surface area contributed by atoms with Gasteiger partial charge in [-0.15, -0.1) is 0 Å². The summed E-state index contributed by atoms with van der Waals surface area (Å²) in [4.78, 5) is 12.7. The molecule has 0 aliphatic carbocycles. The van der Waals surface area contributed by atoms with Gasteiger partial charge in [0.05, 0.1) is 19.6 Å². The van der Waals surface area contributed by atoms with Crippen molar-refractivity contribution in [1.82, 2.24) is 0 Å². The van der Waals surface area contributed by atoms with Crippen molar-refractivity contribution in [2.45, 2.75) is 19.6 Å². The third kappa shape index (κ3) is 5.95. The summed E-state index contributed by atoms with van der Waals surface area (Å²) >= 11 is 0. The maximum Gasteiger partial charge on any atom is 0.387 e. The van der Waals surface area contributed by atoms with Crippen LogP contribution in [0.5, 0.6) is 17.2 Å². The van der Waals surface area contributed by atoms with Crippen molar-refractivity contribution in [2.24, 2.45) is 0 Å². The Balaban J connectivity index is 1.70.